The number of aromatic amines is 1. The van der Waals surface area contributed by atoms with Crippen LogP contribution in [0.1, 0.15) is 29.3 Å². The number of thioether (sulfide) groups is 1. The van der Waals surface area contributed by atoms with Gasteiger partial charge in [0.25, 0.3) is 0 Å². The third-order valence-corrected chi connectivity index (χ3v) is 7.70. The average Bonchev–Trinajstić information content (AvgIpc) is 3.47. The van der Waals surface area contributed by atoms with Crippen molar-refractivity contribution in [1.82, 2.24) is 14.8 Å². The van der Waals surface area contributed by atoms with E-state index in [4.69, 9.17) is 26.5 Å². The number of benzene rings is 2. The molecule has 1 unspecified atom stereocenters. The Morgan fingerprint density at radius 1 is 1.19 bits per heavy atom. The van der Waals surface area contributed by atoms with Crippen molar-refractivity contribution in [3.05, 3.63) is 64.3 Å². The predicted molar refractivity (Wildman–Crippen MR) is 141 cm³/mol. The van der Waals surface area contributed by atoms with E-state index in [-0.39, 0.29) is 6.61 Å². The highest BCUT2D eigenvalue weighted by Crippen LogP contribution is 2.39. The third-order valence-electron chi connectivity index (χ3n) is 6.55. The van der Waals surface area contributed by atoms with Crippen LogP contribution < -0.4 is 4.74 Å². The summed E-state index contributed by atoms with van der Waals surface area (Å²) >= 11 is 7.84. The van der Waals surface area contributed by atoms with Crippen LogP contribution in [0.3, 0.4) is 0 Å². The molecule has 2 N–H and O–H groups in total. The van der Waals surface area contributed by atoms with Crippen molar-refractivity contribution in [3.8, 4) is 5.75 Å². The number of carbonyl (C=O) groups is 1. The molecule has 36 heavy (non-hydrogen) atoms. The number of carbonyl (C=O) groups excluding carboxylic acids is 1. The lowest BCUT2D eigenvalue weighted by molar-refractivity contribution is 0.0837. The van der Waals surface area contributed by atoms with Gasteiger partial charge >= 0.3 is 6.09 Å². The van der Waals surface area contributed by atoms with Gasteiger partial charge in [0.15, 0.2) is 5.17 Å². The highest BCUT2D eigenvalue weighted by atomic mass is 35.5. The number of hydrogen-bond acceptors (Lipinski definition) is 5. The molecule has 3 aromatic rings. The second kappa shape index (κ2) is 11.0. The molecule has 7 nitrogen and oxygen atoms in total. The van der Waals surface area contributed by atoms with Crippen molar-refractivity contribution >= 4 is 45.5 Å². The quantitative estimate of drug-likeness (QED) is 0.369. The number of aromatic nitrogens is 1. The lowest BCUT2D eigenvalue weighted by atomic mass is 9.92. The van der Waals surface area contributed by atoms with Crippen molar-refractivity contribution in [2.24, 2.45) is 0 Å². The lowest BCUT2D eigenvalue weighted by Gasteiger charge is -2.35. The molecule has 2 aliphatic heterocycles. The van der Waals surface area contributed by atoms with Crippen LogP contribution in [0, 0.1) is 5.41 Å². The number of nitrogens with one attached hydrogen (secondary N) is 2. The first-order valence-electron chi connectivity index (χ1n) is 12.0. The van der Waals surface area contributed by atoms with E-state index in [1.807, 2.05) is 42.5 Å². The number of alkyl halides is 1. The van der Waals surface area contributed by atoms with Crippen LogP contribution in [0.2, 0.25) is 5.02 Å². The maximum absolute atomic E-state index is 12.9. The van der Waals surface area contributed by atoms with Gasteiger partial charge in [0.1, 0.15) is 25.1 Å². The summed E-state index contributed by atoms with van der Waals surface area (Å²) in [6.45, 7) is 1.76. The van der Waals surface area contributed by atoms with Crippen LogP contribution in [-0.4, -0.2) is 71.3 Å². The number of amidine groups is 1. The number of amides is 1. The van der Waals surface area contributed by atoms with Crippen molar-refractivity contribution in [1.29, 1.82) is 5.41 Å². The first kappa shape index (κ1) is 24.8. The third kappa shape index (κ3) is 5.13. The summed E-state index contributed by atoms with van der Waals surface area (Å²) in [5.74, 6) is 1.72. The van der Waals surface area contributed by atoms with E-state index in [1.54, 1.807) is 16.7 Å². The Hall–Kier alpha value is -2.91. The molecule has 1 fully saturated rings. The van der Waals surface area contributed by atoms with Crippen LogP contribution in [0.4, 0.5) is 9.18 Å². The van der Waals surface area contributed by atoms with E-state index in [9.17, 15) is 9.18 Å². The van der Waals surface area contributed by atoms with Crippen molar-refractivity contribution in [2.45, 2.75) is 18.9 Å². The molecule has 1 aromatic heterocycles. The highest BCUT2D eigenvalue weighted by Gasteiger charge is 2.35. The molecule has 2 aliphatic rings. The molecule has 0 bridgehead atoms. The number of hydrogen-bond donors (Lipinski definition) is 2. The number of halogens is 2. The fourth-order valence-corrected chi connectivity index (χ4v) is 5.91. The van der Waals surface area contributed by atoms with Crippen LogP contribution in [0.5, 0.6) is 5.75 Å². The summed E-state index contributed by atoms with van der Waals surface area (Å²) in [5, 5.41) is 10.2. The van der Waals surface area contributed by atoms with Gasteiger partial charge < -0.3 is 19.4 Å². The zero-order chi connectivity index (χ0) is 25.1. The summed E-state index contributed by atoms with van der Waals surface area (Å²) < 4.78 is 23.8. The second-order valence-electron chi connectivity index (χ2n) is 8.77. The number of ether oxygens (including phenoxy) is 2. The minimum absolute atomic E-state index is 0.264. The van der Waals surface area contributed by atoms with Crippen LogP contribution in [0.15, 0.2) is 42.5 Å². The Bertz CT molecular complexity index is 1250. The Labute approximate surface area is 218 Å². The fraction of sp³-hybridized carbons (Fsp3) is 0.385. The molecule has 0 aliphatic carbocycles. The van der Waals surface area contributed by atoms with E-state index in [0.29, 0.717) is 29.8 Å². The van der Waals surface area contributed by atoms with Gasteiger partial charge in [-0.05, 0) is 54.3 Å². The maximum Gasteiger partial charge on any atom is 0.410 e. The molecular weight excluding hydrogens is 503 g/mol. The molecule has 0 spiro atoms. The molecule has 5 rings (SSSR count). The van der Waals surface area contributed by atoms with Crippen LogP contribution >= 0.6 is 23.4 Å². The monoisotopic (exact) mass is 530 g/mol. The molecular formula is C26H28ClFN4O3S. The molecule has 10 heteroatoms. The summed E-state index contributed by atoms with van der Waals surface area (Å²) in [4.78, 5) is 20.1. The van der Waals surface area contributed by atoms with Crippen molar-refractivity contribution < 1.29 is 18.7 Å². The predicted octanol–water partition coefficient (Wildman–Crippen LogP) is 5.63. The Morgan fingerprint density at radius 3 is 2.78 bits per heavy atom. The molecule has 0 saturated carbocycles. The fourth-order valence-electron chi connectivity index (χ4n) is 4.86. The van der Waals surface area contributed by atoms with Crippen LogP contribution in [-0.2, 0) is 11.2 Å². The van der Waals surface area contributed by atoms with E-state index in [2.05, 4.69) is 9.88 Å². The Balaban J connectivity index is 1.35. The molecule has 0 radical (unpaired) electrons. The standard InChI is InChI=1S/C26H28ClFN4O3S/c27-18-4-7-22-21(16-18)20-8-11-32(26(33)35-14-9-28)24(23(20)30-22)17-2-5-19(6-3-17)34-13-1-10-31-12-15-36-25(31)29/h2-7,16,24,29-30H,1,8-15H2. The number of H-pyrrole nitrogens is 1. The van der Waals surface area contributed by atoms with E-state index in [0.717, 1.165) is 58.7 Å². The van der Waals surface area contributed by atoms with Gasteiger partial charge in [0.05, 0.1) is 6.61 Å². The molecule has 1 saturated heterocycles. The van der Waals surface area contributed by atoms with Gasteiger partial charge in [-0.2, -0.15) is 0 Å². The first-order valence-corrected chi connectivity index (χ1v) is 13.4. The smallest absolute Gasteiger partial charge is 0.410 e. The topological polar surface area (TPSA) is 81.7 Å². The summed E-state index contributed by atoms with van der Waals surface area (Å²) in [5.41, 5.74) is 3.90. The van der Waals surface area contributed by atoms with E-state index in [1.165, 1.54) is 0 Å². The van der Waals surface area contributed by atoms with Gasteiger partial charge in [-0.15, -0.1) is 0 Å². The van der Waals surface area contributed by atoms with Crippen molar-refractivity contribution in [2.75, 3.05) is 45.3 Å². The van der Waals surface area contributed by atoms with E-state index >= 15 is 0 Å². The number of fused-ring (bicyclic) bond motifs is 3. The summed E-state index contributed by atoms with van der Waals surface area (Å²) in [7, 11) is 0. The van der Waals surface area contributed by atoms with Gasteiger partial charge in [-0.25, -0.2) is 9.18 Å². The second-order valence-corrected chi connectivity index (χ2v) is 10.3. The highest BCUT2D eigenvalue weighted by molar-refractivity contribution is 8.14. The molecule has 1 atom stereocenters. The van der Waals surface area contributed by atoms with Gasteiger partial charge in [-0.3, -0.25) is 10.3 Å². The summed E-state index contributed by atoms with van der Waals surface area (Å²) in [6, 6.07) is 13.0. The molecule has 1 amide bonds. The maximum atomic E-state index is 12.9. The van der Waals surface area contributed by atoms with Crippen molar-refractivity contribution in [3.63, 3.8) is 0 Å². The van der Waals surface area contributed by atoms with Gasteiger partial charge in [0.2, 0.25) is 0 Å². The zero-order valence-electron chi connectivity index (χ0n) is 19.8. The SMILES string of the molecule is N=C1SCCN1CCCOc1ccc(C2c3[nH]c4ccc(Cl)cc4c3CCN2C(=O)OCCF)cc1. The summed E-state index contributed by atoms with van der Waals surface area (Å²) in [6.07, 6.45) is 0.944. The number of nitrogens with zero attached hydrogens (tertiary/aromatic N) is 2. The van der Waals surface area contributed by atoms with E-state index < -0.39 is 18.8 Å². The zero-order valence-corrected chi connectivity index (χ0v) is 21.3. The minimum Gasteiger partial charge on any atom is -0.494 e. The molecule has 190 valence electrons. The Kier molecular flexibility index (Phi) is 7.57. The Morgan fingerprint density at radius 2 is 2.03 bits per heavy atom. The number of rotatable bonds is 8. The average molecular weight is 531 g/mol. The van der Waals surface area contributed by atoms with Gasteiger partial charge in [-0.1, -0.05) is 35.5 Å². The minimum atomic E-state index is -0.718. The molecule has 2 aromatic carbocycles. The molecule has 3 heterocycles. The van der Waals surface area contributed by atoms with Gasteiger partial charge in [0, 0.05) is 47.0 Å². The lowest BCUT2D eigenvalue weighted by Crippen LogP contribution is -2.41. The van der Waals surface area contributed by atoms with Crippen LogP contribution in [0.25, 0.3) is 10.9 Å². The normalized spacial score (nSPS) is 17.5. The first-order chi connectivity index (χ1) is 17.5. The largest absolute Gasteiger partial charge is 0.494 e.